The zero-order chi connectivity index (χ0) is 3.58. The predicted octanol–water partition coefficient (Wildman–Crippen LogP) is -2.97. The Labute approximate surface area is 67.2 Å². The molecule has 0 radical (unpaired) electrons. The van der Waals surface area contributed by atoms with Gasteiger partial charge >= 0.3 is 29.6 Å². The minimum absolute atomic E-state index is 0. The molecule has 0 atom stereocenters. The Morgan fingerprint density at radius 1 is 1.43 bits per heavy atom. The molecular formula is C4H11NaO2. The van der Waals surface area contributed by atoms with Gasteiger partial charge in [-0.25, -0.2) is 0 Å². The first-order chi connectivity index (χ1) is 1.73. The molecule has 3 heteroatoms. The minimum Gasteiger partial charge on any atom is -0.550 e. The van der Waals surface area contributed by atoms with Crippen LogP contribution in [0.5, 0.6) is 0 Å². The maximum atomic E-state index is 8.89. The topological polar surface area (TPSA) is 40.1 Å². The molecule has 0 aliphatic carbocycles. The van der Waals surface area contributed by atoms with Crippen molar-refractivity contribution in [3.63, 3.8) is 0 Å². The van der Waals surface area contributed by atoms with Crippen molar-refractivity contribution >= 4 is 5.97 Å². The molecular weight excluding hydrogens is 103 g/mol. The molecule has 0 aromatic heterocycles. The zero-order valence-corrected chi connectivity index (χ0v) is 5.32. The monoisotopic (exact) mass is 114 g/mol. The van der Waals surface area contributed by atoms with Crippen LogP contribution in [0.3, 0.4) is 0 Å². The second kappa shape index (κ2) is 16.1. The van der Waals surface area contributed by atoms with Crippen LogP contribution in [0.15, 0.2) is 0 Å². The van der Waals surface area contributed by atoms with Crippen LogP contribution in [0.25, 0.3) is 0 Å². The normalized spacial score (nSPS) is 3.57. The quantitative estimate of drug-likeness (QED) is 0.315. The van der Waals surface area contributed by atoms with E-state index in [1.54, 1.807) is 0 Å². The largest absolute Gasteiger partial charge is 1.00 e. The van der Waals surface area contributed by atoms with E-state index in [4.69, 9.17) is 9.90 Å². The van der Waals surface area contributed by atoms with Crippen LogP contribution in [0, 0.1) is 0 Å². The average molecular weight is 114 g/mol. The first-order valence-corrected chi connectivity index (χ1v) is 0.908. The van der Waals surface area contributed by atoms with Crippen LogP contribution in [0.1, 0.15) is 21.8 Å². The summed E-state index contributed by atoms with van der Waals surface area (Å²) in [6.07, 6.45) is 0. The number of carboxylic acid groups (broad SMARTS) is 1. The zero-order valence-electron chi connectivity index (χ0n) is 3.32. The van der Waals surface area contributed by atoms with Crippen LogP contribution in [0.4, 0.5) is 0 Å². The van der Waals surface area contributed by atoms with Crippen molar-refractivity contribution in [3.8, 4) is 0 Å². The second-order valence-corrected chi connectivity index (χ2v) is 0.492. The number of carboxylic acids is 1. The summed E-state index contributed by atoms with van der Waals surface area (Å²) in [6.45, 7) is 0.972. The van der Waals surface area contributed by atoms with Crippen LogP contribution in [-0.2, 0) is 4.79 Å². The molecule has 2 nitrogen and oxygen atoms in total. The van der Waals surface area contributed by atoms with Gasteiger partial charge in [0.15, 0.2) is 0 Å². The van der Waals surface area contributed by atoms with Crippen LogP contribution in [0.2, 0.25) is 0 Å². The van der Waals surface area contributed by atoms with Crippen molar-refractivity contribution in [1.82, 2.24) is 0 Å². The van der Waals surface area contributed by atoms with E-state index in [-0.39, 0.29) is 44.4 Å². The maximum Gasteiger partial charge on any atom is 1.00 e. The third-order valence-corrected chi connectivity index (χ3v) is 0. The Morgan fingerprint density at radius 2 is 1.43 bits per heavy atom. The molecule has 0 unspecified atom stereocenters. The number of rotatable bonds is 0. The molecule has 0 aromatic rings. The third-order valence-electron chi connectivity index (χ3n) is 0. The standard InChI is InChI=1S/C2H4O2.2CH4.Na/c1-2(3)4;;;/h1H3,(H,3,4);2*1H4;/q;;;+1/p-1. The van der Waals surface area contributed by atoms with E-state index in [1.165, 1.54) is 0 Å². The van der Waals surface area contributed by atoms with E-state index in [0.29, 0.717) is 0 Å². The van der Waals surface area contributed by atoms with Crippen molar-refractivity contribution in [2.75, 3.05) is 0 Å². The summed E-state index contributed by atoms with van der Waals surface area (Å²) in [7, 11) is 0. The minimum atomic E-state index is -1.08. The third kappa shape index (κ3) is 585. The molecule has 0 bridgehead atoms. The average Bonchev–Trinajstić information content (AvgIpc) is 0.811. The summed E-state index contributed by atoms with van der Waals surface area (Å²) >= 11 is 0. The van der Waals surface area contributed by atoms with Crippen molar-refractivity contribution < 1.29 is 39.5 Å². The van der Waals surface area contributed by atoms with Gasteiger partial charge in [0.05, 0.1) is 0 Å². The van der Waals surface area contributed by atoms with Gasteiger partial charge in [-0.15, -0.1) is 0 Å². The summed E-state index contributed by atoms with van der Waals surface area (Å²) in [6, 6.07) is 0. The molecule has 40 valence electrons. The van der Waals surface area contributed by atoms with Gasteiger partial charge in [-0.1, -0.05) is 14.9 Å². The molecule has 0 rings (SSSR count). The van der Waals surface area contributed by atoms with E-state index in [2.05, 4.69) is 0 Å². The molecule has 0 N–H and O–H groups in total. The van der Waals surface area contributed by atoms with Crippen molar-refractivity contribution in [1.29, 1.82) is 0 Å². The van der Waals surface area contributed by atoms with Crippen molar-refractivity contribution in [2.24, 2.45) is 0 Å². The Balaban J connectivity index is -0.0000000150. The number of hydrogen-bond acceptors (Lipinski definition) is 2. The SMILES string of the molecule is C.C.CC(=O)[O-].[Na+]. The van der Waals surface area contributed by atoms with Gasteiger partial charge in [0.2, 0.25) is 0 Å². The van der Waals surface area contributed by atoms with Gasteiger partial charge in [-0.2, -0.15) is 0 Å². The van der Waals surface area contributed by atoms with Crippen molar-refractivity contribution in [2.45, 2.75) is 21.8 Å². The Bertz CT molecular complexity index is 32.7. The molecule has 0 spiro atoms. The number of aliphatic carboxylic acids is 1. The molecule has 0 saturated heterocycles. The van der Waals surface area contributed by atoms with E-state index >= 15 is 0 Å². The number of carbonyl (C=O) groups excluding carboxylic acids is 1. The molecule has 0 aliphatic rings. The molecule has 0 aromatic carbocycles. The van der Waals surface area contributed by atoms with Gasteiger partial charge in [0, 0.05) is 5.97 Å². The fourth-order valence-electron chi connectivity index (χ4n) is 0. The summed E-state index contributed by atoms with van der Waals surface area (Å²) in [5.41, 5.74) is 0. The molecule has 0 aliphatic heterocycles. The summed E-state index contributed by atoms with van der Waals surface area (Å²) in [5.74, 6) is -1.08. The fraction of sp³-hybridized carbons (Fsp3) is 0.750. The van der Waals surface area contributed by atoms with Gasteiger partial charge in [0.1, 0.15) is 0 Å². The van der Waals surface area contributed by atoms with E-state index in [0.717, 1.165) is 6.92 Å². The second-order valence-electron chi connectivity index (χ2n) is 0.492. The van der Waals surface area contributed by atoms with Crippen LogP contribution < -0.4 is 34.7 Å². The summed E-state index contributed by atoms with van der Waals surface area (Å²) < 4.78 is 0. The summed E-state index contributed by atoms with van der Waals surface area (Å²) in [4.78, 5) is 8.89. The molecule has 7 heavy (non-hydrogen) atoms. The molecule has 0 saturated carbocycles. The Morgan fingerprint density at radius 3 is 1.43 bits per heavy atom. The van der Waals surface area contributed by atoms with Gasteiger partial charge < -0.3 is 9.90 Å². The molecule has 0 fully saturated rings. The first-order valence-electron chi connectivity index (χ1n) is 0.908. The van der Waals surface area contributed by atoms with Crippen LogP contribution >= 0.6 is 0 Å². The summed E-state index contributed by atoms with van der Waals surface area (Å²) in [5, 5.41) is 8.89. The molecule has 0 amide bonds. The van der Waals surface area contributed by atoms with E-state index < -0.39 is 5.97 Å². The van der Waals surface area contributed by atoms with Crippen LogP contribution in [-0.4, -0.2) is 5.97 Å². The maximum absolute atomic E-state index is 8.89. The smallest absolute Gasteiger partial charge is 0.550 e. The Kier molecular flexibility index (Phi) is 59.6. The Hall–Kier alpha value is 0.470. The number of carbonyl (C=O) groups is 1. The van der Waals surface area contributed by atoms with Gasteiger partial charge in [-0.05, 0) is 6.92 Å². The fourth-order valence-corrected chi connectivity index (χ4v) is 0. The van der Waals surface area contributed by atoms with E-state index in [9.17, 15) is 0 Å². The number of hydrogen-bond donors (Lipinski definition) is 0. The van der Waals surface area contributed by atoms with Gasteiger partial charge in [0.25, 0.3) is 0 Å². The first kappa shape index (κ1) is 26.0. The van der Waals surface area contributed by atoms with E-state index in [1.807, 2.05) is 0 Å². The molecule has 0 heterocycles. The van der Waals surface area contributed by atoms with Gasteiger partial charge in [-0.3, -0.25) is 0 Å². The predicted molar refractivity (Wildman–Crippen MR) is 24.1 cm³/mol. The van der Waals surface area contributed by atoms with Crippen molar-refractivity contribution in [3.05, 3.63) is 0 Å².